The number of hydrogen-bond donors (Lipinski definition) is 1. The number of fused-ring (bicyclic) bond motifs is 2. The number of amides is 1. The average Bonchev–Trinajstić information content (AvgIpc) is 3.25. The molecular weight excluding hydrogens is 368 g/mol. The van der Waals surface area contributed by atoms with Crippen LogP contribution in [0.15, 0.2) is 36.4 Å². The van der Waals surface area contributed by atoms with Crippen molar-refractivity contribution < 1.29 is 22.7 Å². The van der Waals surface area contributed by atoms with Gasteiger partial charge in [0.05, 0.1) is 11.9 Å². The number of aryl methyl sites for hydroxylation is 1. The third kappa shape index (κ3) is 3.71. The van der Waals surface area contributed by atoms with Crippen molar-refractivity contribution in [2.24, 2.45) is 0 Å². The Morgan fingerprint density at radius 2 is 1.96 bits per heavy atom. The summed E-state index contributed by atoms with van der Waals surface area (Å²) in [5.74, 6) is 1.29. The molecule has 2 aliphatic rings. The highest BCUT2D eigenvalue weighted by atomic mass is 32.2. The van der Waals surface area contributed by atoms with Crippen LogP contribution in [0.25, 0.3) is 0 Å². The molecule has 0 saturated heterocycles. The molecule has 7 nitrogen and oxygen atoms in total. The second-order valence-corrected chi connectivity index (χ2v) is 8.57. The summed E-state index contributed by atoms with van der Waals surface area (Å²) in [6.45, 7) is 0.664. The highest BCUT2D eigenvalue weighted by Gasteiger charge is 2.26. The number of nitrogens with one attached hydrogen (secondary N) is 1. The molecule has 2 aromatic carbocycles. The fourth-order valence-electron chi connectivity index (χ4n) is 3.35. The Morgan fingerprint density at radius 3 is 2.78 bits per heavy atom. The van der Waals surface area contributed by atoms with Gasteiger partial charge in [0.2, 0.25) is 22.7 Å². The van der Waals surface area contributed by atoms with Gasteiger partial charge in [-0.15, -0.1) is 0 Å². The molecule has 0 fully saturated rings. The standard InChI is InChI=1S/C19H20N2O5S/c1-27(23,24)21-9-8-14-4-5-15(11-16(14)21)20-19(22)7-3-13-2-6-17-18(10-13)26-12-25-17/h2,4-6,10-11H,3,7-9,12H2,1H3,(H,20,22). The van der Waals surface area contributed by atoms with Crippen LogP contribution in [0.5, 0.6) is 11.5 Å². The molecule has 0 atom stereocenters. The predicted molar refractivity (Wildman–Crippen MR) is 102 cm³/mol. The van der Waals surface area contributed by atoms with Gasteiger partial charge in [-0.2, -0.15) is 0 Å². The van der Waals surface area contributed by atoms with E-state index in [-0.39, 0.29) is 12.7 Å². The molecule has 2 aromatic rings. The molecule has 0 aromatic heterocycles. The third-order valence-corrected chi connectivity index (χ3v) is 5.88. The summed E-state index contributed by atoms with van der Waals surface area (Å²) >= 11 is 0. The van der Waals surface area contributed by atoms with Gasteiger partial charge in [0.1, 0.15) is 0 Å². The summed E-state index contributed by atoms with van der Waals surface area (Å²) in [5.41, 5.74) is 3.21. The van der Waals surface area contributed by atoms with Crippen LogP contribution in [0.4, 0.5) is 11.4 Å². The molecule has 1 N–H and O–H groups in total. The molecule has 142 valence electrons. The molecule has 1 amide bonds. The first-order valence-corrected chi connectivity index (χ1v) is 10.5. The number of ether oxygens (including phenoxy) is 2. The van der Waals surface area contributed by atoms with Crippen molar-refractivity contribution in [2.45, 2.75) is 19.3 Å². The first-order chi connectivity index (χ1) is 12.9. The summed E-state index contributed by atoms with van der Waals surface area (Å²) in [6, 6.07) is 11.0. The van der Waals surface area contributed by atoms with E-state index >= 15 is 0 Å². The highest BCUT2D eigenvalue weighted by molar-refractivity contribution is 7.92. The van der Waals surface area contributed by atoms with Gasteiger partial charge in [0.25, 0.3) is 0 Å². The van der Waals surface area contributed by atoms with Gasteiger partial charge >= 0.3 is 0 Å². The van der Waals surface area contributed by atoms with Crippen LogP contribution in [-0.2, 0) is 27.7 Å². The van der Waals surface area contributed by atoms with Crippen molar-refractivity contribution in [1.82, 2.24) is 0 Å². The van der Waals surface area contributed by atoms with Crippen LogP contribution < -0.4 is 19.1 Å². The van der Waals surface area contributed by atoms with E-state index in [2.05, 4.69) is 5.32 Å². The maximum atomic E-state index is 12.3. The van der Waals surface area contributed by atoms with E-state index in [0.717, 1.165) is 16.9 Å². The number of carbonyl (C=O) groups is 1. The molecule has 2 heterocycles. The van der Waals surface area contributed by atoms with Crippen LogP contribution in [0, 0.1) is 0 Å². The van der Waals surface area contributed by atoms with Gasteiger partial charge in [-0.1, -0.05) is 12.1 Å². The van der Waals surface area contributed by atoms with E-state index in [9.17, 15) is 13.2 Å². The van der Waals surface area contributed by atoms with Crippen molar-refractivity contribution >= 4 is 27.3 Å². The molecule has 0 bridgehead atoms. The van der Waals surface area contributed by atoms with E-state index < -0.39 is 10.0 Å². The van der Waals surface area contributed by atoms with Crippen molar-refractivity contribution in [1.29, 1.82) is 0 Å². The molecule has 27 heavy (non-hydrogen) atoms. The third-order valence-electron chi connectivity index (χ3n) is 4.70. The Bertz CT molecular complexity index is 1000. The fraction of sp³-hybridized carbons (Fsp3) is 0.316. The van der Waals surface area contributed by atoms with E-state index in [0.29, 0.717) is 42.9 Å². The van der Waals surface area contributed by atoms with Crippen LogP contribution in [0.2, 0.25) is 0 Å². The zero-order valence-corrected chi connectivity index (χ0v) is 15.7. The lowest BCUT2D eigenvalue weighted by molar-refractivity contribution is -0.116. The topological polar surface area (TPSA) is 84.9 Å². The number of benzene rings is 2. The molecule has 2 aliphatic heterocycles. The normalized spacial score (nSPS) is 14.9. The van der Waals surface area contributed by atoms with E-state index in [1.54, 1.807) is 6.07 Å². The second kappa shape index (κ2) is 6.77. The number of hydrogen-bond acceptors (Lipinski definition) is 5. The summed E-state index contributed by atoms with van der Waals surface area (Å²) < 4.78 is 35.8. The zero-order valence-electron chi connectivity index (χ0n) is 14.9. The molecular formula is C19H20N2O5S. The quantitative estimate of drug-likeness (QED) is 0.850. The first kappa shape index (κ1) is 17.7. The lowest BCUT2D eigenvalue weighted by Crippen LogP contribution is -2.27. The van der Waals surface area contributed by atoms with Crippen molar-refractivity contribution in [3.05, 3.63) is 47.5 Å². The predicted octanol–water partition coefficient (Wildman–Crippen LogP) is 2.31. The van der Waals surface area contributed by atoms with Crippen molar-refractivity contribution in [3.8, 4) is 11.5 Å². The number of nitrogens with zero attached hydrogens (tertiary/aromatic N) is 1. The minimum absolute atomic E-state index is 0.128. The van der Waals surface area contributed by atoms with Crippen LogP contribution in [0.3, 0.4) is 0 Å². The Morgan fingerprint density at radius 1 is 1.15 bits per heavy atom. The van der Waals surface area contributed by atoms with Gasteiger partial charge in [-0.25, -0.2) is 8.42 Å². The maximum Gasteiger partial charge on any atom is 0.232 e. The van der Waals surface area contributed by atoms with E-state index in [4.69, 9.17) is 9.47 Å². The summed E-state index contributed by atoms with van der Waals surface area (Å²) in [5, 5.41) is 2.85. The molecule has 0 aliphatic carbocycles. The Labute approximate surface area is 157 Å². The lowest BCUT2D eigenvalue weighted by atomic mass is 10.1. The molecule has 8 heteroatoms. The number of carbonyl (C=O) groups excluding carboxylic acids is 1. The van der Waals surface area contributed by atoms with Crippen LogP contribution in [-0.4, -0.2) is 33.9 Å². The summed E-state index contributed by atoms with van der Waals surface area (Å²) in [4.78, 5) is 12.3. The number of rotatable bonds is 5. The molecule has 4 rings (SSSR count). The largest absolute Gasteiger partial charge is 0.454 e. The van der Waals surface area contributed by atoms with E-state index in [1.165, 1.54) is 10.6 Å². The molecule has 0 saturated carbocycles. The van der Waals surface area contributed by atoms with Crippen molar-refractivity contribution in [3.63, 3.8) is 0 Å². The van der Waals surface area contributed by atoms with Gasteiger partial charge in [0, 0.05) is 18.7 Å². The molecule has 0 radical (unpaired) electrons. The Balaban J connectivity index is 1.40. The smallest absolute Gasteiger partial charge is 0.232 e. The zero-order chi connectivity index (χ0) is 19.0. The van der Waals surface area contributed by atoms with Gasteiger partial charge < -0.3 is 14.8 Å². The summed E-state index contributed by atoms with van der Waals surface area (Å²) in [6.07, 6.45) is 2.76. The minimum atomic E-state index is -3.31. The lowest BCUT2D eigenvalue weighted by Gasteiger charge is -2.17. The van der Waals surface area contributed by atoms with Gasteiger partial charge in [-0.05, 0) is 48.2 Å². The fourth-order valence-corrected chi connectivity index (χ4v) is 4.30. The highest BCUT2D eigenvalue weighted by Crippen LogP contribution is 2.34. The SMILES string of the molecule is CS(=O)(=O)N1CCc2ccc(NC(=O)CCc3ccc4c(c3)OCO4)cc21. The van der Waals surface area contributed by atoms with Crippen LogP contribution in [0.1, 0.15) is 17.5 Å². The first-order valence-electron chi connectivity index (χ1n) is 8.69. The average molecular weight is 388 g/mol. The monoisotopic (exact) mass is 388 g/mol. The minimum Gasteiger partial charge on any atom is -0.454 e. The Kier molecular flexibility index (Phi) is 4.43. The van der Waals surface area contributed by atoms with Gasteiger partial charge in [0.15, 0.2) is 11.5 Å². The van der Waals surface area contributed by atoms with Crippen LogP contribution >= 0.6 is 0 Å². The number of sulfonamides is 1. The van der Waals surface area contributed by atoms with Gasteiger partial charge in [-0.3, -0.25) is 9.10 Å². The van der Waals surface area contributed by atoms with E-state index in [1.807, 2.05) is 30.3 Å². The van der Waals surface area contributed by atoms with Crippen molar-refractivity contribution in [2.75, 3.05) is 29.2 Å². The maximum absolute atomic E-state index is 12.3. The second-order valence-electron chi connectivity index (χ2n) is 6.66. The Hall–Kier alpha value is -2.74. The number of anilines is 2. The summed E-state index contributed by atoms with van der Waals surface area (Å²) in [7, 11) is -3.31. The molecule has 0 unspecified atom stereocenters. The molecule has 0 spiro atoms.